The number of amides is 4. The van der Waals surface area contributed by atoms with Crippen LogP contribution in [0.2, 0.25) is 0 Å². The molecule has 0 saturated carbocycles. The van der Waals surface area contributed by atoms with Gasteiger partial charge in [-0.05, 0) is 101 Å². The smallest absolute Gasteiger partial charge is 0.261 e. The van der Waals surface area contributed by atoms with Crippen LogP contribution in [0, 0.1) is 0 Å². The minimum absolute atomic E-state index is 0.0244. The molecule has 0 saturated heterocycles. The van der Waals surface area contributed by atoms with Crippen LogP contribution in [0.4, 0.5) is 0 Å². The third-order valence-corrected chi connectivity index (χ3v) is 13.6. The Morgan fingerprint density at radius 1 is 0.444 bits per heavy atom. The Labute approximate surface area is 378 Å². The average molecular weight is 901 g/mol. The molecular formula is C55H54BrN3O4. The van der Waals surface area contributed by atoms with Crippen LogP contribution in [0.15, 0.2) is 126 Å². The molecular weight excluding hydrogens is 847 g/mol. The molecule has 2 atom stereocenters. The molecule has 0 aliphatic carbocycles. The van der Waals surface area contributed by atoms with E-state index in [1.165, 1.54) is 9.80 Å². The summed E-state index contributed by atoms with van der Waals surface area (Å²) in [6, 6.07) is 37.7. The first-order valence-corrected chi connectivity index (χ1v) is 23.5. The van der Waals surface area contributed by atoms with Crippen LogP contribution in [0.25, 0.3) is 54.7 Å². The van der Waals surface area contributed by atoms with Crippen molar-refractivity contribution in [3.63, 3.8) is 0 Å². The zero-order valence-electron chi connectivity index (χ0n) is 36.6. The van der Waals surface area contributed by atoms with E-state index in [-0.39, 0.29) is 35.7 Å². The van der Waals surface area contributed by atoms with Gasteiger partial charge in [-0.3, -0.25) is 34.0 Å². The second-order valence-corrected chi connectivity index (χ2v) is 17.6. The van der Waals surface area contributed by atoms with E-state index in [9.17, 15) is 19.2 Å². The summed E-state index contributed by atoms with van der Waals surface area (Å²) < 4.78 is 0.909. The lowest BCUT2D eigenvalue weighted by atomic mass is 9.86. The Morgan fingerprint density at radius 2 is 0.873 bits per heavy atom. The largest absolute Gasteiger partial charge is 0.271 e. The molecule has 2 aliphatic rings. The maximum absolute atomic E-state index is 13.8. The summed E-state index contributed by atoms with van der Waals surface area (Å²) in [7, 11) is 0. The number of carbonyl (C=O) groups excluding carboxylic acids is 4. The Bertz CT molecular complexity index is 2830. The number of hydrogen-bond donors (Lipinski definition) is 0. The van der Waals surface area contributed by atoms with Crippen molar-refractivity contribution in [1.29, 1.82) is 0 Å². The number of imide groups is 2. The summed E-state index contributed by atoms with van der Waals surface area (Å²) in [4.78, 5) is 61.3. The fourth-order valence-electron chi connectivity index (χ4n) is 9.66. The fraction of sp³-hybridized carbons (Fsp3) is 0.291. The Balaban J connectivity index is 0.000000194. The molecule has 0 spiro atoms. The van der Waals surface area contributed by atoms with Crippen LogP contribution in [0.1, 0.15) is 133 Å². The van der Waals surface area contributed by atoms with Gasteiger partial charge in [0.1, 0.15) is 0 Å². The molecule has 0 N–H and O–H groups in total. The third kappa shape index (κ3) is 8.10. The SMILES string of the molecule is CCCCCC(CC)N1C(=O)c2cccc3c(-c4ccc(-c5ccccn5)c5ccccc45)ccc(c23)C1=O.CCCCCC(CC)N1C(=O)c2cccc3c(Br)ccc(c23)C1=O. The van der Waals surface area contributed by atoms with Gasteiger partial charge in [-0.25, -0.2) is 0 Å². The monoisotopic (exact) mass is 899 g/mol. The highest BCUT2D eigenvalue weighted by Gasteiger charge is 2.38. The van der Waals surface area contributed by atoms with Crippen LogP contribution >= 0.6 is 15.9 Å². The molecule has 1 aromatic heterocycles. The molecule has 3 heterocycles. The van der Waals surface area contributed by atoms with Crippen molar-refractivity contribution in [2.75, 3.05) is 0 Å². The maximum atomic E-state index is 13.8. The molecule has 2 unspecified atom stereocenters. The molecule has 8 heteroatoms. The quantitative estimate of drug-likeness (QED) is 0.0801. The van der Waals surface area contributed by atoms with Crippen molar-refractivity contribution in [2.45, 2.75) is 104 Å². The van der Waals surface area contributed by atoms with Crippen molar-refractivity contribution in [3.05, 3.63) is 148 Å². The molecule has 320 valence electrons. The van der Waals surface area contributed by atoms with Gasteiger partial charge in [0.15, 0.2) is 0 Å². The molecule has 0 bridgehead atoms. The lowest BCUT2D eigenvalue weighted by Gasteiger charge is -2.34. The van der Waals surface area contributed by atoms with Gasteiger partial charge in [0.05, 0.1) is 5.69 Å². The zero-order valence-corrected chi connectivity index (χ0v) is 38.2. The number of fused-ring (bicyclic) bond motifs is 1. The normalized spacial score (nSPS) is 14.4. The lowest BCUT2D eigenvalue weighted by Crippen LogP contribution is -2.46. The standard InChI is InChI=1S/C35H32N2O2.C20H22BrNO2/c1-3-5-6-12-23(4-2)37-34(38)30-16-11-15-29-27(19-21-31(33(29)30)35(37)39)26-18-20-28(32-17-9-10-22-36-32)25-14-8-7-13-24(25)26;1-3-5-6-8-13(4-2)22-19(23)15-10-7-9-14-17(21)12-11-16(18(14)15)20(22)24/h7-11,13-23H,3-6,12H2,1-2H3;7,9-13H,3-6,8H2,1-2H3. The molecule has 9 rings (SSSR count). The third-order valence-electron chi connectivity index (χ3n) is 12.9. The number of aromatic nitrogens is 1. The van der Waals surface area contributed by atoms with Crippen molar-refractivity contribution in [1.82, 2.24) is 14.8 Å². The average Bonchev–Trinajstić information content (AvgIpc) is 3.32. The number of rotatable bonds is 14. The van der Waals surface area contributed by atoms with E-state index in [1.54, 1.807) is 0 Å². The van der Waals surface area contributed by atoms with Crippen molar-refractivity contribution in [3.8, 4) is 22.4 Å². The summed E-state index contributed by atoms with van der Waals surface area (Å²) in [5.41, 5.74) is 6.60. The second-order valence-electron chi connectivity index (χ2n) is 16.7. The molecule has 7 aromatic rings. The summed E-state index contributed by atoms with van der Waals surface area (Å²) in [5.74, 6) is -0.651. The molecule has 2 aliphatic heterocycles. The summed E-state index contributed by atoms with van der Waals surface area (Å²) in [5, 5.41) is 5.62. The zero-order chi connectivity index (χ0) is 44.2. The van der Waals surface area contributed by atoms with E-state index in [0.717, 1.165) is 123 Å². The maximum Gasteiger partial charge on any atom is 0.261 e. The summed E-state index contributed by atoms with van der Waals surface area (Å²) in [6.45, 7) is 8.44. The molecule has 4 amide bonds. The van der Waals surface area contributed by atoms with Crippen LogP contribution in [-0.2, 0) is 0 Å². The number of pyridine rings is 1. The highest BCUT2D eigenvalue weighted by atomic mass is 79.9. The number of nitrogens with zero attached hydrogens (tertiary/aromatic N) is 3. The van der Waals surface area contributed by atoms with Crippen molar-refractivity contribution >= 4 is 71.9 Å². The van der Waals surface area contributed by atoms with E-state index in [1.807, 2.05) is 97.2 Å². The van der Waals surface area contributed by atoms with Crippen molar-refractivity contribution < 1.29 is 19.2 Å². The number of carbonyl (C=O) groups is 4. The van der Waals surface area contributed by atoms with E-state index < -0.39 is 0 Å². The van der Waals surface area contributed by atoms with Gasteiger partial charge >= 0.3 is 0 Å². The van der Waals surface area contributed by atoms with Gasteiger partial charge in [-0.15, -0.1) is 0 Å². The minimum atomic E-state index is -0.172. The molecule has 0 radical (unpaired) electrons. The minimum Gasteiger partial charge on any atom is -0.271 e. The molecule has 63 heavy (non-hydrogen) atoms. The first kappa shape index (κ1) is 43.7. The predicted molar refractivity (Wildman–Crippen MR) is 259 cm³/mol. The van der Waals surface area contributed by atoms with Gasteiger partial charge in [-0.2, -0.15) is 0 Å². The van der Waals surface area contributed by atoms with Crippen LogP contribution in [0.3, 0.4) is 0 Å². The van der Waals surface area contributed by atoms with Crippen LogP contribution < -0.4 is 0 Å². The summed E-state index contributed by atoms with van der Waals surface area (Å²) in [6.07, 6.45) is 11.6. The van der Waals surface area contributed by atoms with Gasteiger partial charge < -0.3 is 0 Å². The molecule has 0 fully saturated rings. The van der Waals surface area contributed by atoms with E-state index in [0.29, 0.717) is 22.3 Å². The topological polar surface area (TPSA) is 87.7 Å². The Morgan fingerprint density at radius 3 is 1.40 bits per heavy atom. The molecule has 6 aromatic carbocycles. The predicted octanol–water partition coefficient (Wildman–Crippen LogP) is 14.2. The first-order valence-electron chi connectivity index (χ1n) is 22.7. The van der Waals surface area contributed by atoms with Crippen molar-refractivity contribution in [2.24, 2.45) is 0 Å². The number of benzene rings is 6. The second kappa shape index (κ2) is 19.2. The van der Waals surface area contributed by atoms with Gasteiger partial charge in [0, 0.05) is 61.3 Å². The lowest BCUT2D eigenvalue weighted by molar-refractivity contribution is 0.0508. The van der Waals surface area contributed by atoms with E-state index in [4.69, 9.17) is 0 Å². The van der Waals surface area contributed by atoms with Crippen LogP contribution in [-0.4, -0.2) is 50.5 Å². The van der Waals surface area contributed by atoms with Gasteiger partial charge in [0.2, 0.25) is 0 Å². The number of unbranched alkanes of at least 4 members (excludes halogenated alkanes) is 4. The fourth-order valence-corrected chi connectivity index (χ4v) is 10.1. The highest BCUT2D eigenvalue weighted by molar-refractivity contribution is 9.10. The summed E-state index contributed by atoms with van der Waals surface area (Å²) >= 11 is 3.52. The highest BCUT2D eigenvalue weighted by Crippen LogP contribution is 2.42. The van der Waals surface area contributed by atoms with E-state index >= 15 is 0 Å². The van der Waals surface area contributed by atoms with Gasteiger partial charge in [-0.1, -0.05) is 155 Å². The Hall–Kier alpha value is -5.99. The number of halogens is 1. The first-order chi connectivity index (χ1) is 30.7. The van der Waals surface area contributed by atoms with E-state index in [2.05, 4.69) is 72.9 Å². The van der Waals surface area contributed by atoms with Gasteiger partial charge in [0.25, 0.3) is 23.6 Å². The Kier molecular flexibility index (Phi) is 13.3. The van der Waals surface area contributed by atoms with Crippen LogP contribution in [0.5, 0.6) is 0 Å². The molecule has 7 nitrogen and oxygen atoms in total. The number of hydrogen-bond acceptors (Lipinski definition) is 5.